The first kappa shape index (κ1) is 14.7. The van der Waals surface area contributed by atoms with Crippen molar-refractivity contribution in [1.29, 1.82) is 0 Å². The van der Waals surface area contributed by atoms with Gasteiger partial charge in [0, 0.05) is 18.0 Å². The molecule has 0 atom stereocenters. The predicted molar refractivity (Wildman–Crippen MR) is 80.4 cm³/mol. The molecule has 3 aromatic rings. The Bertz CT molecular complexity index is 902. The number of benzene rings is 1. The average Bonchev–Trinajstić information content (AvgIpc) is 2.91. The number of nitrogens with one attached hydrogen (secondary N) is 1. The highest BCUT2D eigenvalue weighted by molar-refractivity contribution is 7.89. The van der Waals surface area contributed by atoms with Gasteiger partial charge in [0.05, 0.1) is 17.1 Å². The molecule has 1 N–H and O–H groups in total. The van der Waals surface area contributed by atoms with E-state index in [0.29, 0.717) is 5.69 Å². The Hall–Kier alpha value is -2.25. The number of halogens is 1. The van der Waals surface area contributed by atoms with Crippen molar-refractivity contribution < 1.29 is 12.8 Å². The van der Waals surface area contributed by atoms with Crippen LogP contribution in [0, 0.1) is 12.7 Å². The summed E-state index contributed by atoms with van der Waals surface area (Å²) >= 11 is 0. The predicted octanol–water partition coefficient (Wildman–Crippen LogP) is 2.26. The minimum atomic E-state index is -3.79. The number of hydrogen-bond donors (Lipinski definition) is 1. The van der Waals surface area contributed by atoms with Gasteiger partial charge in [0.1, 0.15) is 11.5 Å². The van der Waals surface area contributed by atoms with Gasteiger partial charge in [-0.05, 0) is 31.2 Å². The van der Waals surface area contributed by atoms with E-state index in [9.17, 15) is 12.8 Å². The van der Waals surface area contributed by atoms with Crippen LogP contribution in [0.3, 0.4) is 0 Å². The van der Waals surface area contributed by atoms with Crippen LogP contribution in [0.15, 0.2) is 53.7 Å². The molecule has 1 aromatic carbocycles. The van der Waals surface area contributed by atoms with Crippen LogP contribution in [0.25, 0.3) is 5.65 Å². The molecule has 2 heterocycles. The van der Waals surface area contributed by atoms with E-state index in [1.54, 1.807) is 10.6 Å². The maximum Gasteiger partial charge on any atom is 0.241 e. The van der Waals surface area contributed by atoms with E-state index in [1.807, 2.05) is 24.4 Å². The number of rotatable bonds is 4. The number of imidazole rings is 1. The van der Waals surface area contributed by atoms with Crippen molar-refractivity contribution in [2.24, 2.45) is 0 Å². The van der Waals surface area contributed by atoms with Crippen molar-refractivity contribution in [1.82, 2.24) is 14.1 Å². The van der Waals surface area contributed by atoms with Crippen molar-refractivity contribution >= 4 is 15.7 Å². The zero-order chi connectivity index (χ0) is 15.7. The Labute approximate surface area is 127 Å². The molecule has 5 nitrogen and oxygen atoms in total. The second-order valence-electron chi connectivity index (χ2n) is 4.89. The normalized spacial score (nSPS) is 11.9. The quantitative estimate of drug-likeness (QED) is 0.802. The largest absolute Gasteiger partial charge is 0.307 e. The molecule has 0 spiro atoms. The highest BCUT2D eigenvalue weighted by Crippen LogP contribution is 2.17. The van der Waals surface area contributed by atoms with Gasteiger partial charge in [0.25, 0.3) is 0 Å². The summed E-state index contributed by atoms with van der Waals surface area (Å²) in [5.74, 6) is -0.546. The van der Waals surface area contributed by atoms with Gasteiger partial charge >= 0.3 is 0 Å². The van der Waals surface area contributed by atoms with E-state index in [0.717, 1.165) is 5.65 Å². The van der Waals surface area contributed by atoms with Crippen molar-refractivity contribution in [3.05, 3.63) is 65.9 Å². The van der Waals surface area contributed by atoms with Gasteiger partial charge < -0.3 is 4.40 Å². The fourth-order valence-corrected chi connectivity index (χ4v) is 3.45. The first-order valence-electron chi connectivity index (χ1n) is 6.65. The molecule has 7 heteroatoms. The Morgan fingerprint density at radius 3 is 2.82 bits per heavy atom. The molecule has 0 radical (unpaired) electrons. The Kier molecular flexibility index (Phi) is 3.67. The average molecular weight is 319 g/mol. The number of nitrogens with zero attached hydrogens (tertiary/aromatic N) is 2. The lowest BCUT2D eigenvalue weighted by molar-refractivity contribution is 0.574. The number of fused-ring (bicyclic) bond motifs is 1. The third-order valence-corrected chi connectivity index (χ3v) is 4.91. The van der Waals surface area contributed by atoms with E-state index in [4.69, 9.17) is 0 Å². The number of hydrogen-bond acceptors (Lipinski definition) is 3. The molecule has 0 aliphatic rings. The van der Waals surface area contributed by atoms with E-state index in [1.165, 1.54) is 25.1 Å². The second-order valence-corrected chi connectivity index (χ2v) is 6.62. The van der Waals surface area contributed by atoms with Gasteiger partial charge in [-0.2, -0.15) is 0 Å². The lowest BCUT2D eigenvalue weighted by Gasteiger charge is -2.08. The van der Waals surface area contributed by atoms with Crippen LogP contribution < -0.4 is 4.72 Å². The van der Waals surface area contributed by atoms with Gasteiger partial charge in [0.15, 0.2) is 0 Å². The summed E-state index contributed by atoms with van der Waals surface area (Å²) in [5.41, 5.74) is 1.42. The molecule has 0 aliphatic carbocycles. The maximum absolute atomic E-state index is 13.5. The third kappa shape index (κ3) is 2.72. The fourth-order valence-electron chi connectivity index (χ4n) is 2.20. The first-order chi connectivity index (χ1) is 10.5. The third-order valence-electron chi connectivity index (χ3n) is 3.36. The van der Waals surface area contributed by atoms with Gasteiger partial charge in [0.2, 0.25) is 10.0 Å². The van der Waals surface area contributed by atoms with Crippen molar-refractivity contribution in [2.75, 3.05) is 0 Å². The standard InChI is InChI=1S/C15H14FN3O2S/c1-11-13(16)5-4-6-14(11)22(20,21)17-9-12-10-19-8-3-2-7-15(19)18-12/h2-8,10,17H,9H2,1H3. The minimum Gasteiger partial charge on any atom is -0.307 e. The molecule has 0 fully saturated rings. The van der Waals surface area contributed by atoms with Crippen LogP contribution in [-0.4, -0.2) is 17.8 Å². The Morgan fingerprint density at radius 2 is 2.05 bits per heavy atom. The van der Waals surface area contributed by atoms with Crippen LogP contribution in [0.5, 0.6) is 0 Å². The van der Waals surface area contributed by atoms with Gasteiger partial charge in [-0.25, -0.2) is 22.5 Å². The minimum absolute atomic E-state index is 0.0416. The van der Waals surface area contributed by atoms with Crippen LogP contribution in [0.4, 0.5) is 4.39 Å². The van der Waals surface area contributed by atoms with Crippen LogP contribution in [0.2, 0.25) is 0 Å². The van der Waals surface area contributed by atoms with Crippen molar-refractivity contribution in [3.8, 4) is 0 Å². The van der Waals surface area contributed by atoms with E-state index in [2.05, 4.69) is 9.71 Å². The molecular weight excluding hydrogens is 305 g/mol. The lowest BCUT2D eigenvalue weighted by Crippen LogP contribution is -2.24. The molecule has 0 aliphatic heterocycles. The lowest BCUT2D eigenvalue weighted by atomic mass is 10.2. The summed E-state index contributed by atoms with van der Waals surface area (Å²) in [6, 6.07) is 9.53. The number of pyridine rings is 1. The highest BCUT2D eigenvalue weighted by Gasteiger charge is 2.18. The van der Waals surface area contributed by atoms with E-state index >= 15 is 0 Å². The number of sulfonamides is 1. The molecule has 22 heavy (non-hydrogen) atoms. The number of aromatic nitrogens is 2. The Balaban J connectivity index is 1.84. The van der Waals surface area contributed by atoms with E-state index in [-0.39, 0.29) is 17.0 Å². The van der Waals surface area contributed by atoms with Crippen LogP contribution in [-0.2, 0) is 16.6 Å². The molecule has 114 valence electrons. The van der Waals surface area contributed by atoms with Crippen molar-refractivity contribution in [2.45, 2.75) is 18.4 Å². The Morgan fingerprint density at radius 1 is 1.23 bits per heavy atom. The molecule has 0 unspecified atom stereocenters. The van der Waals surface area contributed by atoms with Gasteiger partial charge in [-0.15, -0.1) is 0 Å². The smallest absolute Gasteiger partial charge is 0.241 e. The zero-order valence-electron chi connectivity index (χ0n) is 11.8. The molecule has 0 saturated carbocycles. The molecule has 0 saturated heterocycles. The van der Waals surface area contributed by atoms with E-state index < -0.39 is 15.8 Å². The summed E-state index contributed by atoms with van der Waals surface area (Å²) in [7, 11) is -3.79. The summed E-state index contributed by atoms with van der Waals surface area (Å²) in [5, 5.41) is 0. The van der Waals surface area contributed by atoms with Crippen molar-refractivity contribution in [3.63, 3.8) is 0 Å². The molecule has 0 bridgehead atoms. The summed E-state index contributed by atoms with van der Waals surface area (Å²) in [6.45, 7) is 1.48. The van der Waals surface area contributed by atoms with Crippen LogP contribution in [0.1, 0.15) is 11.3 Å². The summed E-state index contributed by atoms with van der Waals surface area (Å²) in [6.07, 6.45) is 3.58. The molecule has 0 amide bonds. The zero-order valence-corrected chi connectivity index (χ0v) is 12.6. The maximum atomic E-state index is 13.5. The molecule has 2 aromatic heterocycles. The summed E-state index contributed by atoms with van der Waals surface area (Å²) < 4.78 is 42.3. The fraction of sp³-hybridized carbons (Fsp3) is 0.133. The van der Waals surface area contributed by atoms with Crippen LogP contribution >= 0.6 is 0 Å². The van der Waals surface area contributed by atoms with Gasteiger partial charge in [-0.3, -0.25) is 0 Å². The molecular formula is C15H14FN3O2S. The molecule has 3 rings (SSSR count). The highest BCUT2D eigenvalue weighted by atomic mass is 32.2. The monoisotopic (exact) mass is 319 g/mol. The summed E-state index contributed by atoms with van der Waals surface area (Å²) in [4.78, 5) is 4.25. The first-order valence-corrected chi connectivity index (χ1v) is 8.13. The van der Waals surface area contributed by atoms with Gasteiger partial charge in [-0.1, -0.05) is 12.1 Å². The SMILES string of the molecule is Cc1c(F)cccc1S(=O)(=O)NCc1cn2ccccc2n1. The second kappa shape index (κ2) is 5.51. The topological polar surface area (TPSA) is 63.5 Å².